The van der Waals surface area contributed by atoms with Gasteiger partial charge < -0.3 is 5.32 Å². The highest BCUT2D eigenvalue weighted by atomic mass is 79.9. The molecule has 1 aliphatic rings. The molecule has 1 aromatic rings. The predicted octanol–water partition coefficient (Wildman–Crippen LogP) is 2.80. The monoisotopic (exact) mass is 342 g/mol. The van der Waals surface area contributed by atoms with Crippen molar-refractivity contribution < 1.29 is 0 Å². The molecule has 0 bridgehead atoms. The maximum absolute atomic E-state index is 4.69. The number of likely N-dealkylation sites (N-methyl/N-ethyl adjacent to an activating group) is 1. The number of nitrogens with one attached hydrogen (secondary N) is 1. The molecule has 1 aromatic heterocycles. The van der Waals surface area contributed by atoms with Gasteiger partial charge in [-0.15, -0.1) is 0 Å². The molecule has 1 saturated heterocycles. The molecule has 5 heteroatoms. The number of hydrogen-bond donors (Lipinski definition) is 1. The van der Waals surface area contributed by atoms with Crippen LogP contribution in [0.2, 0.25) is 0 Å². The third-order valence-electron chi connectivity index (χ3n) is 4.16. The van der Waals surface area contributed by atoms with Crippen molar-refractivity contribution in [3.63, 3.8) is 0 Å². The van der Waals surface area contributed by atoms with Crippen molar-refractivity contribution in [1.82, 2.24) is 20.0 Å². The highest BCUT2D eigenvalue weighted by Crippen LogP contribution is 2.24. The summed E-state index contributed by atoms with van der Waals surface area (Å²) in [7, 11) is 0. The van der Waals surface area contributed by atoms with Gasteiger partial charge in [0.05, 0.1) is 15.9 Å². The molecule has 0 radical (unpaired) electrons. The Bertz CT molecular complexity index is 424. The van der Waals surface area contributed by atoms with Crippen LogP contribution in [-0.4, -0.2) is 40.4 Å². The molecule has 1 atom stereocenters. The number of aryl methyl sites for hydroxylation is 2. The lowest BCUT2D eigenvalue weighted by atomic mass is 10.2. The van der Waals surface area contributed by atoms with Gasteiger partial charge in [-0.25, -0.2) is 0 Å². The summed E-state index contributed by atoms with van der Waals surface area (Å²) in [6.07, 6.45) is 3.61. The number of halogens is 1. The van der Waals surface area contributed by atoms with Gasteiger partial charge >= 0.3 is 0 Å². The SMILES string of the molecule is CCc1nn(CC)c(CN(CC)CC2CCCN2)c1Br. The summed E-state index contributed by atoms with van der Waals surface area (Å²) in [6.45, 7) is 11.9. The zero-order valence-electron chi connectivity index (χ0n) is 13.0. The van der Waals surface area contributed by atoms with Crippen molar-refractivity contribution in [1.29, 1.82) is 0 Å². The first kappa shape index (κ1) is 16.0. The van der Waals surface area contributed by atoms with Gasteiger partial charge in [-0.1, -0.05) is 13.8 Å². The molecular weight excluding hydrogens is 316 g/mol. The second kappa shape index (κ2) is 7.57. The molecule has 2 rings (SSSR count). The molecule has 114 valence electrons. The fourth-order valence-corrected chi connectivity index (χ4v) is 3.60. The molecule has 0 saturated carbocycles. The Morgan fingerprint density at radius 2 is 2.20 bits per heavy atom. The first-order valence-electron chi connectivity index (χ1n) is 7.89. The topological polar surface area (TPSA) is 33.1 Å². The number of aromatic nitrogens is 2. The van der Waals surface area contributed by atoms with E-state index in [0.29, 0.717) is 6.04 Å². The maximum atomic E-state index is 4.69. The van der Waals surface area contributed by atoms with Crippen LogP contribution < -0.4 is 5.32 Å². The van der Waals surface area contributed by atoms with E-state index in [1.165, 1.54) is 35.2 Å². The lowest BCUT2D eigenvalue weighted by Crippen LogP contribution is -2.37. The standard InChI is InChI=1S/C15H27BrN4/c1-4-13-15(16)14(20(6-3)18-13)11-19(5-2)10-12-8-7-9-17-12/h12,17H,4-11H2,1-3H3. The fraction of sp³-hybridized carbons (Fsp3) is 0.800. The lowest BCUT2D eigenvalue weighted by molar-refractivity contribution is 0.246. The van der Waals surface area contributed by atoms with Crippen molar-refractivity contribution in [2.45, 2.75) is 59.2 Å². The van der Waals surface area contributed by atoms with Gasteiger partial charge in [0.15, 0.2) is 0 Å². The van der Waals surface area contributed by atoms with E-state index in [0.717, 1.165) is 32.6 Å². The zero-order chi connectivity index (χ0) is 14.5. The molecule has 0 amide bonds. The Balaban J connectivity index is 2.07. The van der Waals surface area contributed by atoms with E-state index >= 15 is 0 Å². The van der Waals surface area contributed by atoms with E-state index in [2.05, 4.69) is 51.6 Å². The maximum Gasteiger partial charge on any atom is 0.0767 e. The summed E-state index contributed by atoms with van der Waals surface area (Å²) in [5.41, 5.74) is 2.50. The van der Waals surface area contributed by atoms with Gasteiger partial charge in [0.25, 0.3) is 0 Å². The minimum atomic E-state index is 0.664. The number of rotatable bonds is 7. The fourth-order valence-electron chi connectivity index (χ4n) is 2.91. The molecule has 1 aliphatic heterocycles. The van der Waals surface area contributed by atoms with Crippen LogP contribution in [0.3, 0.4) is 0 Å². The quantitative estimate of drug-likeness (QED) is 0.827. The molecule has 0 aliphatic carbocycles. The average molecular weight is 343 g/mol. The summed E-state index contributed by atoms with van der Waals surface area (Å²) in [4.78, 5) is 2.52. The van der Waals surface area contributed by atoms with Gasteiger partial charge in [0.2, 0.25) is 0 Å². The van der Waals surface area contributed by atoms with Crippen molar-refractivity contribution in [3.05, 3.63) is 15.9 Å². The molecule has 0 aromatic carbocycles. The largest absolute Gasteiger partial charge is 0.313 e. The highest BCUT2D eigenvalue weighted by Gasteiger charge is 2.20. The van der Waals surface area contributed by atoms with Crippen molar-refractivity contribution >= 4 is 15.9 Å². The average Bonchev–Trinajstić information content (AvgIpc) is 3.07. The van der Waals surface area contributed by atoms with Crippen LogP contribution in [0, 0.1) is 0 Å². The molecule has 1 fully saturated rings. The van der Waals surface area contributed by atoms with Crippen LogP contribution in [0.5, 0.6) is 0 Å². The smallest absolute Gasteiger partial charge is 0.0767 e. The molecule has 4 nitrogen and oxygen atoms in total. The first-order chi connectivity index (χ1) is 9.69. The van der Waals surface area contributed by atoms with E-state index < -0.39 is 0 Å². The molecular formula is C15H27BrN4. The molecule has 2 heterocycles. The van der Waals surface area contributed by atoms with Crippen molar-refractivity contribution in [2.24, 2.45) is 0 Å². The Morgan fingerprint density at radius 3 is 2.75 bits per heavy atom. The molecule has 0 spiro atoms. The molecule has 1 unspecified atom stereocenters. The van der Waals surface area contributed by atoms with Crippen LogP contribution in [0.4, 0.5) is 0 Å². The van der Waals surface area contributed by atoms with Gasteiger partial charge in [-0.05, 0) is 55.2 Å². The lowest BCUT2D eigenvalue weighted by Gasteiger charge is -2.24. The summed E-state index contributed by atoms with van der Waals surface area (Å²) >= 11 is 3.75. The van der Waals surface area contributed by atoms with E-state index in [1.54, 1.807) is 0 Å². The third kappa shape index (κ3) is 3.62. The Morgan fingerprint density at radius 1 is 1.40 bits per heavy atom. The van der Waals surface area contributed by atoms with Gasteiger partial charge in [-0.3, -0.25) is 9.58 Å². The van der Waals surface area contributed by atoms with E-state index in [1.807, 2.05) is 0 Å². The van der Waals surface area contributed by atoms with Gasteiger partial charge in [0, 0.05) is 25.7 Å². The van der Waals surface area contributed by atoms with Gasteiger partial charge in [-0.2, -0.15) is 5.10 Å². The second-order valence-electron chi connectivity index (χ2n) is 5.50. The first-order valence-corrected chi connectivity index (χ1v) is 8.68. The summed E-state index contributed by atoms with van der Waals surface area (Å²) in [6, 6.07) is 0.664. The van der Waals surface area contributed by atoms with Crippen LogP contribution in [-0.2, 0) is 19.5 Å². The molecule has 1 N–H and O–H groups in total. The van der Waals surface area contributed by atoms with Gasteiger partial charge in [0.1, 0.15) is 0 Å². The second-order valence-corrected chi connectivity index (χ2v) is 6.29. The van der Waals surface area contributed by atoms with E-state index in [4.69, 9.17) is 5.10 Å². The Kier molecular flexibility index (Phi) is 6.05. The van der Waals surface area contributed by atoms with Crippen LogP contribution in [0.25, 0.3) is 0 Å². The summed E-state index contributed by atoms with van der Waals surface area (Å²) in [5, 5.41) is 8.28. The predicted molar refractivity (Wildman–Crippen MR) is 87.0 cm³/mol. The Labute approximate surface area is 131 Å². The number of hydrogen-bond acceptors (Lipinski definition) is 3. The highest BCUT2D eigenvalue weighted by molar-refractivity contribution is 9.10. The third-order valence-corrected chi connectivity index (χ3v) is 5.07. The van der Waals surface area contributed by atoms with Crippen molar-refractivity contribution in [2.75, 3.05) is 19.6 Å². The summed E-state index contributed by atoms with van der Waals surface area (Å²) < 4.78 is 3.35. The van der Waals surface area contributed by atoms with Crippen molar-refractivity contribution in [3.8, 4) is 0 Å². The van der Waals surface area contributed by atoms with E-state index in [-0.39, 0.29) is 0 Å². The van der Waals surface area contributed by atoms with Crippen LogP contribution in [0.1, 0.15) is 45.0 Å². The van der Waals surface area contributed by atoms with E-state index in [9.17, 15) is 0 Å². The normalized spacial score (nSPS) is 19.1. The Hall–Kier alpha value is -0.390. The van der Waals surface area contributed by atoms with Crippen LogP contribution >= 0.6 is 15.9 Å². The minimum absolute atomic E-state index is 0.664. The zero-order valence-corrected chi connectivity index (χ0v) is 14.5. The minimum Gasteiger partial charge on any atom is -0.313 e. The van der Waals surface area contributed by atoms with Crippen LogP contribution in [0.15, 0.2) is 4.47 Å². The molecule has 20 heavy (non-hydrogen) atoms. The number of nitrogens with zero attached hydrogens (tertiary/aromatic N) is 3. The summed E-state index contributed by atoms with van der Waals surface area (Å²) in [5.74, 6) is 0.